The van der Waals surface area contributed by atoms with Crippen LogP contribution in [0.5, 0.6) is 17.2 Å². The molecule has 29 heavy (non-hydrogen) atoms. The molecule has 156 valence electrons. The zero-order valence-corrected chi connectivity index (χ0v) is 15.7. The number of anilines is 1. The predicted octanol–water partition coefficient (Wildman–Crippen LogP) is 3.72. The monoisotopic (exact) mass is 411 g/mol. The number of hydrogen-bond donors (Lipinski definition) is 2. The summed E-state index contributed by atoms with van der Waals surface area (Å²) in [6.45, 7) is 1.65. The standard InChI is InChI=1S/C15H12F3NO3.C4H8N2O/c1-21-14-7-6-12(8-13(14)19-9-20)22-11-4-2-10(3-5-11)15(16,17)18;1-6-3-2-5-4(6)7/h2-9H,1H3,(H,19,20);2-3H2,1H3,(H,5,7). The topological polar surface area (TPSA) is 79.9 Å². The summed E-state index contributed by atoms with van der Waals surface area (Å²) in [5.41, 5.74) is -0.361. The number of nitrogens with one attached hydrogen (secondary N) is 2. The van der Waals surface area contributed by atoms with Gasteiger partial charge in [0.1, 0.15) is 17.2 Å². The molecular formula is C19H20F3N3O4. The van der Waals surface area contributed by atoms with Crippen LogP contribution in [0, 0.1) is 0 Å². The molecule has 0 radical (unpaired) electrons. The highest BCUT2D eigenvalue weighted by molar-refractivity contribution is 5.76. The molecule has 0 aromatic heterocycles. The molecule has 3 amide bonds. The van der Waals surface area contributed by atoms with Gasteiger partial charge < -0.3 is 25.0 Å². The molecule has 10 heteroatoms. The minimum atomic E-state index is -4.39. The van der Waals surface area contributed by atoms with Crippen LogP contribution in [-0.2, 0) is 11.0 Å². The SMILES string of the molecule is CN1CCNC1=O.COc1ccc(Oc2ccc(C(F)(F)F)cc2)cc1NC=O. The number of nitrogens with zero attached hydrogens (tertiary/aromatic N) is 1. The first-order valence-electron chi connectivity index (χ1n) is 8.47. The summed E-state index contributed by atoms with van der Waals surface area (Å²) in [5.74, 6) is 1.03. The van der Waals surface area contributed by atoms with Crippen LogP contribution < -0.4 is 20.1 Å². The number of hydrogen-bond acceptors (Lipinski definition) is 4. The van der Waals surface area contributed by atoms with Crippen LogP contribution in [0.2, 0.25) is 0 Å². The van der Waals surface area contributed by atoms with Gasteiger partial charge in [0, 0.05) is 26.2 Å². The summed E-state index contributed by atoms with van der Waals surface area (Å²) in [4.78, 5) is 22.6. The molecule has 1 aliphatic heterocycles. The Morgan fingerprint density at radius 1 is 1.14 bits per heavy atom. The molecule has 1 fully saturated rings. The summed E-state index contributed by atoms with van der Waals surface area (Å²) in [5, 5.41) is 5.10. The fraction of sp³-hybridized carbons (Fsp3) is 0.263. The molecule has 7 nitrogen and oxygen atoms in total. The first-order chi connectivity index (χ1) is 13.7. The number of likely N-dealkylation sites (N-methyl/N-ethyl adjacent to an activating group) is 1. The Kier molecular flexibility index (Phi) is 7.29. The lowest BCUT2D eigenvalue weighted by molar-refractivity contribution is -0.137. The van der Waals surface area contributed by atoms with Crippen molar-refractivity contribution < 1.29 is 32.2 Å². The van der Waals surface area contributed by atoms with Crippen molar-refractivity contribution in [2.45, 2.75) is 6.18 Å². The van der Waals surface area contributed by atoms with Crippen LogP contribution in [0.25, 0.3) is 0 Å². The Morgan fingerprint density at radius 3 is 2.24 bits per heavy atom. The highest BCUT2D eigenvalue weighted by Crippen LogP contribution is 2.33. The fourth-order valence-corrected chi connectivity index (χ4v) is 2.34. The molecule has 0 aliphatic carbocycles. The zero-order valence-electron chi connectivity index (χ0n) is 15.7. The van der Waals surface area contributed by atoms with Crippen LogP contribution in [0.3, 0.4) is 0 Å². The summed E-state index contributed by atoms with van der Waals surface area (Å²) >= 11 is 0. The van der Waals surface area contributed by atoms with E-state index in [0.29, 0.717) is 23.6 Å². The maximum absolute atomic E-state index is 12.5. The van der Waals surface area contributed by atoms with Crippen LogP contribution in [0.4, 0.5) is 23.7 Å². The highest BCUT2D eigenvalue weighted by Gasteiger charge is 2.30. The lowest BCUT2D eigenvalue weighted by atomic mass is 10.2. The first-order valence-corrected chi connectivity index (χ1v) is 8.47. The van der Waals surface area contributed by atoms with Gasteiger partial charge in [0.25, 0.3) is 0 Å². The molecule has 3 rings (SSSR count). The number of carbonyl (C=O) groups excluding carboxylic acids is 2. The van der Waals surface area contributed by atoms with Gasteiger partial charge in [-0.15, -0.1) is 0 Å². The molecule has 0 atom stereocenters. The van der Waals surface area contributed by atoms with Crippen molar-refractivity contribution >= 4 is 18.1 Å². The second-order valence-electron chi connectivity index (χ2n) is 5.90. The van der Waals surface area contributed by atoms with Gasteiger partial charge >= 0.3 is 12.2 Å². The third-order valence-corrected chi connectivity index (χ3v) is 3.87. The minimum absolute atomic E-state index is 0.0417. The molecule has 0 spiro atoms. The van der Waals surface area contributed by atoms with E-state index >= 15 is 0 Å². The van der Waals surface area contributed by atoms with Gasteiger partial charge in [0.05, 0.1) is 18.4 Å². The average molecular weight is 411 g/mol. The molecule has 1 aliphatic rings. The predicted molar refractivity (Wildman–Crippen MR) is 100 cm³/mol. The number of alkyl halides is 3. The van der Waals surface area contributed by atoms with Gasteiger partial charge in [-0.2, -0.15) is 13.2 Å². The average Bonchev–Trinajstić information content (AvgIpc) is 3.05. The van der Waals surface area contributed by atoms with E-state index in [1.165, 1.54) is 25.3 Å². The molecule has 0 saturated carbocycles. The van der Waals surface area contributed by atoms with Crippen molar-refractivity contribution in [3.63, 3.8) is 0 Å². The van der Waals surface area contributed by atoms with Crippen LogP contribution in [-0.4, -0.2) is 44.6 Å². The number of benzene rings is 2. The Morgan fingerprint density at radius 2 is 1.79 bits per heavy atom. The molecule has 2 aromatic carbocycles. The molecule has 2 aromatic rings. The van der Waals surface area contributed by atoms with E-state index in [0.717, 1.165) is 25.2 Å². The van der Waals surface area contributed by atoms with Gasteiger partial charge in [-0.3, -0.25) is 4.79 Å². The van der Waals surface area contributed by atoms with Gasteiger partial charge in [0.15, 0.2) is 0 Å². The number of halogens is 3. The second-order valence-corrected chi connectivity index (χ2v) is 5.90. The first kappa shape index (κ1) is 21.9. The van der Waals surface area contributed by atoms with Crippen LogP contribution in [0.15, 0.2) is 42.5 Å². The Bertz CT molecular complexity index is 842. The Labute approximate surface area is 165 Å². The summed E-state index contributed by atoms with van der Waals surface area (Å²) < 4.78 is 47.9. The van der Waals surface area contributed by atoms with Crippen molar-refractivity contribution in [2.24, 2.45) is 0 Å². The number of carbonyl (C=O) groups is 2. The Balaban J connectivity index is 0.000000360. The molecule has 0 bridgehead atoms. The largest absolute Gasteiger partial charge is 0.495 e. The third kappa shape index (κ3) is 6.30. The van der Waals surface area contributed by atoms with E-state index < -0.39 is 11.7 Å². The quantitative estimate of drug-likeness (QED) is 0.735. The van der Waals surface area contributed by atoms with Gasteiger partial charge in [-0.05, 0) is 36.4 Å². The van der Waals surface area contributed by atoms with Crippen molar-refractivity contribution in [2.75, 3.05) is 32.6 Å². The number of ether oxygens (including phenoxy) is 2. The molecule has 1 heterocycles. The summed E-state index contributed by atoms with van der Waals surface area (Å²) in [6, 6.07) is 9.01. The smallest absolute Gasteiger partial charge is 0.416 e. The van der Waals surface area contributed by atoms with Crippen molar-refractivity contribution in [3.8, 4) is 17.2 Å². The lowest BCUT2D eigenvalue weighted by Crippen LogP contribution is -2.23. The maximum atomic E-state index is 12.5. The third-order valence-electron chi connectivity index (χ3n) is 3.87. The van der Waals surface area contributed by atoms with Gasteiger partial charge in [0.2, 0.25) is 6.41 Å². The van der Waals surface area contributed by atoms with Gasteiger partial charge in [-0.1, -0.05) is 0 Å². The van der Waals surface area contributed by atoms with E-state index in [1.54, 1.807) is 24.1 Å². The number of rotatable bonds is 5. The molecule has 1 saturated heterocycles. The van der Waals surface area contributed by atoms with E-state index in [4.69, 9.17) is 9.47 Å². The molecule has 2 N–H and O–H groups in total. The van der Waals surface area contributed by atoms with Crippen molar-refractivity contribution in [1.82, 2.24) is 10.2 Å². The highest BCUT2D eigenvalue weighted by atomic mass is 19.4. The van der Waals surface area contributed by atoms with Gasteiger partial charge in [-0.25, -0.2) is 4.79 Å². The number of amides is 3. The fourth-order valence-electron chi connectivity index (χ4n) is 2.34. The zero-order chi connectivity index (χ0) is 21.4. The number of methoxy groups -OCH3 is 1. The lowest BCUT2D eigenvalue weighted by Gasteiger charge is -2.11. The second kappa shape index (κ2) is 9.67. The van der Waals surface area contributed by atoms with E-state index in [2.05, 4.69) is 10.6 Å². The molecule has 0 unspecified atom stereocenters. The summed E-state index contributed by atoms with van der Waals surface area (Å²) in [6.07, 6.45) is -3.90. The van der Waals surface area contributed by atoms with Crippen molar-refractivity contribution in [3.05, 3.63) is 48.0 Å². The minimum Gasteiger partial charge on any atom is -0.495 e. The maximum Gasteiger partial charge on any atom is 0.416 e. The molecular weight excluding hydrogens is 391 g/mol. The van der Waals surface area contributed by atoms with Crippen LogP contribution >= 0.6 is 0 Å². The number of urea groups is 1. The van der Waals surface area contributed by atoms with Crippen molar-refractivity contribution in [1.29, 1.82) is 0 Å². The Hall–Kier alpha value is -3.43. The normalized spacial score (nSPS) is 13.1. The van der Waals surface area contributed by atoms with E-state index in [-0.39, 0.29) is 11.8 Å². The summed E-state index contributed by atoms with van der Waals surface area (Å²) in [7, 11) is 3.23. The van der Waals surface area contributed by atoms with Crippen LogP contribution in [0.1, 0.15) is 5.56 Å². The van der Waals surface area contributed by atoms with E-state index in [1.807, 2.05) is 0 Å². The van der Waals surface area contributed by atoms with E-state index in [9.17, 15) is 22.8 Å².